The monoisotopic (exact) mass is 325 g/mol. The smallest absolute Gasteiger partial charge is 0.318 e. The molecular weight excluding hydrogens is 306 g/mol. The fourth-order valence-corrected chi connectivity index (χ4v) is 3.48. The van der Waals surface area contributed by atoms with Gasteiger partial charge in [-0.3, -0.25) is 9.69 Å². The molecule has 7 heteroatoms. The summed E-state index contributed by atoms with van der Waals surface area (Å²) in [5.74, 6) is 1.70. The van der Waals surface area contributed by atoms with Crippen molar-refractivity contribution in [2.75, 3.05) is 13.6 Å². The molecule has 2 aliphatic rings. The molecule has 3 heterocycles. The van der Waals surface area contributed by atoms with Gasteiger partial charge in [-0.2, -0.15) is 0 Å². The van der Waals surface area contributed by atoms with Gasteiger partial charge in [-0.1, -0.05) is 30.3 Å². The van der Waals surface area contributed by atoms with Gasteiger partial charge in [0.25, 0.3) is 5.91 Å². The second-order valence-corrected chi connectivity index (χ2v) is 6.40. The molecule has 2 aliphatic heterocycles. The van der Waals surface area contributed by atoms with Crippen LogP contribution in [0.15, 0.2) is 30.3 Å². The average molecular weight is 325 g/mol. The van der Waals surface area contributed by atoms with Gasteiger partial charge in [-0.15, -0.1) is 10.2 Å². The van der Waals surface area contributed by atoms with E-state index in [4.69, 9.17) is 0 Å². The summed E-state index contributed by atoms with van der Waals surface area (Å²) >= 11 is 0. The first-order valence-electron chi connectivity index (χ1n) is 8.15. The van der Waals surface area contributed by atoms with E-state index in [0.717, 1.165) is 24.5 Å². The van der Waals surface area contributed by atoms with Gasteiger partial charge in [0.2, 0.25) is 0 Å². The van der Waals surface area contributed by atoms with E-state index in [1.54, 1.807) is 7.05 Å². The summed E-state index contributed by atoms with van der Waals surface area (Å²) in [7, 11) is 1.66. The van der Waals surface area contributed by atoms with Crippen molar-refractivity contribution in [1.82, 2.24) is 24.6 Å². The minimum Gasteiger partial charge on any atom is -0.318 e. The number of rotatable bonds is 3. The normalized spacial score (nSPS) is 20.6. The Balaban J connectivity index is 1.57. The van der Waals surface area contributed by atoms with Crippen LogP contribution in [0.1, 0.15) is 23.6 Å². The molecule has 1 aromatic heterocycles. The van der Waals surface area contributed by atoms with Crippen molar-refractivity contribution in [3.8, 4) is 0 Å². The minimum absolute atomic E-state index is 0.117. The minimum atomic E-state index is -0.203. The lowest BCUT2D eigenvalue weighted by Crippen LogP contribution is -2.45. The van der Waals surface area contributed by atoms with Gasteiger partial charge in [-0.25, -0.2) is 4.79 Å². The van der Waals surface area contributed by atoms with E-state index < -0.39 is 0 Å². The van der Waals surface area contributed by atoms with Gasteiger partial charge >= 0.3 is 6.03 Å². The average Bonchev–Trinajstić information content (AvgIpc) is 3.09. The van der Waals surface area contributed by atoms with E-state index in [1.165, 1.54) is 15.4 Å². The molecule has 1 unspecified atom stereocenters. The topological polar surface area (TPSA) is 71.3 Å². The Morgan fingerprint density at radius 3 is 2.67 bits per heavy atom. The van der Waals surface area contributed by atoms with Crippen molar-refractivity contribution in [2.24, 2.45) is 0 Å². The van der Waals surface area contributed by atoms with Crippen LogP contribution in [0.3, 0.4) is 0 Å². The van der Waals surface area contributed by atoms with Crippen molar-refractivity contribution >= 4 is 11.9 Å². The van der Waals surface area contributed by atoms with Crippen molar-refractivity contribution < 1.29 is 9.59 Å². The molecule has 1 aromatic carbocycles. The molecular formula is C17H19N5O2. The van der Waals surface area contributed by atoms with E-state index in [9.17, 15) is 9.59 Å². The maximum atomic E-state index is 12.2. The van der Waals surface area contributed by atoms with E-state index in [0.29, 0.717) is 13.0 Å². The lowest BCUT2D eigenvalue weighted by molar-refractivity contribution is -0.127. The van der Waals surface area contributed by atoms with Crippen molar-refractivity contribution in [1.29, 1.82) is 0 Å². The molecule has 2 aromatic rings. The fourth-order valence-electron chi connectivity index (χ4n) is 3.48. The summed E-state index contributed by atoms with van der Waals surface area (Å²) in [6, 6.07) is 9.79. The zero-order valence-electron chi connectivity index (χ0n) is 13.6. The Kier molecular flexibility index (Phi) is 3.55. The molecule has 4 rings (SSSR count). The van der Waals surface area contributed by atoms with Crippen LogP contribution in [0.4, 0.5) is 4.79 Å². The number of urea groups is 1. The Hall–Kier alpha value is -2.70. The summed E-state index contributed by atoms with van der Waals surface area (Å²) in [5.41, 5.74) is 1.17. The lowest BCUT2D eigenvalue weighted by atomic mass is 10.0. The number of carbonyl (C=O) groups excluding carboxylic acids is 2. The second-order valence-electron chi connectivity index (χ2n) is 6.40. The maximum absolute atomic E-state index is 12.2. The van der Waals surface area contributed by atoms with E-state index in [1.807, 2.05) is 18.2 Å². The molecule has 3 amide bonds. The number of aryl methyl sites for hydroxylation is 1. The third-order valence-corrected chi connectivity index (χ3v) is 4.74. The number of hydrogen-bond donors (Lipinski definition) is 0. The molecule has 24 heavy (non-hydrogen) atoms. The van der Waals surface area contributed by atoms with Gasteiger partial charge in [0.05, 0.1) is 6.04 Å². The van der Waals surface area contributed by atoms with Crippen molar-refractivity contribution in [3.05, 3.63) is 47.5 Å². The molecule has 7 nitrogen and oxygen atoms in total. The zero-order chi connectivity index (χ0) is 16.7. The van der Waals surface area contributed by atoms with Crippen LogP contribution in [-0.4, -0.2) is 56.1 Å². The number of likely N-dealkylation sites (N-methyl/N-ethyl adjacent to an activating group) is 1. The van der Waals surface area contributed by atoms with E-state index >= 15 is 0 Å². The summed E-state index contributed by atoms with van der Waals surface area (Å²) in [5, 5.41) is 8.60. The molecule has 0 radical (unpaired) electrons. The predicted octanol–water partition coefficient (Wildman–Crippen LogP) is 1.08. The highest BCUT2D eigenvalue weighted by molar-refractivity contribution is 6.02. The summed E-state index contributed by atoms with van der Waals surface area (Å²) in [6.07, 6.45) is 2.17. The summed E-state index contributed by atoms with van der Waals surface area (Å²) in [6.45, 7) is 0.747. The molecule has 1 saturated heterocycles. The van der Waals surface area contributed by atoms with Gasteiger partial charge < -0.3 is 9.47 Å². The molecule has 124 valence electrons. The highest BCUT2D eigenvalue weighted by atomic mass is 16.2. The molecule has 1 atom stereocenters. The van der Waals surface area contributed by atoms with Crippen LogP contribution in [0, 0.1) is 0 Å². The number of nitrogens with zero attached hydrogens (tertiary/aromatic N) is 5. The van der Waals surface area contributed by atoms with Crippen LogP contribution in [-0.2, 0) is 24.2 Å². The molecule has 0 bridgehead atoms. The SMILES string of the molecule is CN1CC(=O)N(C2CCc3nnc(Cc4ccccc4)n3C2)C1=O. The molecule has 1 fully saturated rings. The number of aromatic nitrogens is 3. The van der Waals surface area contributed by atoms with Crippen molar-refractivity contribution in [2.45, 2.75) is 31.8 Å². The maximum Gasteiger partial charge on any atom is 0.327 e. The zero-order valence-corrected chi connectivity index (χ0v) is 13.6. The second kappa shape index (κ2) is 5.74. The van der Waals surface area contributed by atoms with Crippen LogP contribution in [0.2, 0.25) is 0 Å². The third kappa shape index (κ3) is 2.46. The fraction of sp³-hybridized carbons (Fsp3) is 0.412. The Bertz CT molecular complexity index is 786. The number of benzene rings is 1. The highest BCUT2D eigenvalue weighted by Gasteiger charge is 2.40. The van der Waals surface area contributed by atoms with Crippen molar-refractivity contribution in [3.63, 3.8) is 0 Å². The van der Waals surface area contributed by atoms with Crippen LogP contribution in [0.25, 0.3) is 0 Å². The first-order chi connectivity index (χ1) is 11.6. The predicted molar refractivity (Wildman–Crippen MR) is 86.3 cm³/mol. The number of amides is 3. The van der Waals surface area contributed by atoms with Crippen LogP contribution < -0.4 is 0 Å². The molecule has 0 aliphatic carbocycles. The number of hydrogen-bond acceptors (Lipinski definition) is 4. The Morgan fingerprint density at radius 2 is 1.96 bits per heavy atom. The van der Waals surface area contributed by atoms with Gasteiger partial charge in [0.1, 0.15) is 18.2 Å². The third-order valence-electron chi connectivity index (χ3n) is 4.74. The van der Waals surface area contributed by atoms with Gasteiger partial charge in [-0.05, 0) is 12.0 Å². The standard InChI is InChI=1S/C17H19N5O2/c1-20-11-16(23)22(17(20)24)13-7-8-14-18-19-15(21(14)10-13)9-12-5-3-2-4-6-12/h2-6,13H,7-11H2,1H3. The van der Waals surface area contributed by atoms with E-state index in [-0.39, 0.29) is 24.5 Å². The molecule has 0 spiro atoms. The van der Waals surface area contributed by atoms with Gasteiger partial charge in [0.15, 0.2) is 0 Å². The number of imide groups is 1. The summed E-state index contributed by atoms with van der Waals surface area (Å²) < 4.78 is 2.07. The first-order valence-corrected chi connectivity index (χ1v) is 8.15. The van der Waals surface area contributed by atoms with Crippen LogP contribution in [0.5, 0.6) is 0 Å². The van der Waals surface area contributed by atoms with Crippen LogP contribution >= 0.6 is 0 Å². The Morgan fingerprint density at radius 1 is 1.17 bits per heavy atom. The van der Waals surface area contributed by atoms with E-state index in [2.05, 4.69) is 26.9 Å². The number of fused-ring (bicyclic) bond motifs is 1. The summed E-state index contributed by atoms with van der Waals surface area (Å²) in [4.78, 5) is 27.3. The number of carbonyl (C=O) groups is 2. The Labute approximate surface area is 139 Å². The molecule has 0 saturated carbocycles. The largest absolute Gasteiger partial charge is 0.327 e. The lowest BCUT2D eigenvalue weighted by Gasteiger charge is -2.30. The highest BCUT2D eigenvalue weighted by Crippen LogP contribution is 2.24. The quantitative estimate of drug-likeness (QED) is 0.792. The molecule has 0 N–H and O–H groups in total. The first kappa shape index (κ1) is 14.9. The van der Waals surface area contributed by atoms with Gasteiger partial charge in [0, 0.05) is 26.4 Å².